The molecule has 0 spiro atoms. The number of aryl methyl sites for hydroxylation is 8. The quantitative estimate of drug-likeness (QED) is 0.0515. The van der Waals surface area contributed by atoms with E-state index in [-0.39, 0.29) is 48.0 Å². The Morgan fingerprint density at radius 2 is 0.479 bits per heavy atom. The number of aromatic nitrogens is 20. The molecule has 4 atom stereocenters. The van der Waals surface area contributed by atoms with Gasteiger partial charge in [-0.1, -0.05) is 144 Å². The fourth-order valence-electron chi connectivity index (χ4n) is 19.5. The third-order valence-corrected chi connectivity index (χ3v) is 26.3. The zero-order valence-corrected chi connectivity index (χ0v) is 77.1. The lowest BCUT2D eigenvalue weighted by molar-refractivity contribution is 0.122. The Hall–Kier alpha value is -14.6. The van der Waals surface area contributed by atoms with Crippen molar-refractivity contribution >= 4 is 91.7 Å². The number of para-hydroxylation sites is 8. The lowest BCUT2D eigenvalue weighted by Gasteiger charge is -2.27. The molecule has 16 aromatic rings. The van der Waals surface area contributed by atoms with Gasteiger partial charge in [-0.15, -0.1) is 0 Å². The highest BCUT2D eigenvalue weighted by Crippen LogP contribution is 2.42. The Labute approximate surface area is 798 Å². The summed E-state index contributed by atoms with van der Waals surface area (Å²) in [4.78, 5) is 80.4. The van der Waals surface area contributed by atoms with Crippen LogP contribution in [0.25, 0.3) is 67.9 Å². The molecular weight excluding hydrogens is 1810 g/mol. The van der Waals surface area contributed by atoms with Crippen molar-refractivity contribution in [1.29, 1.82) is 0 Å². The van der Waals surface area contributed by atoms with E-state index in [0.29, 0.717) is 197 Å². The number of morpholine rings is 4. The van der Waals surface area contributed by atoms with Crippen LogP contribution in [0.5, 0.6) is 0 Å². The van der Waals surface area contributed by atoms with Crippen LogP contribution in [0.1, 0.15) is 166 Å². The Morgan fingerprint density at radius 3 is 0.743 bits per heavy atom. The number of ether oxygens (including phenoxy) is 4. The summed E-state index contributed by atoms with van der Waals surface area (Å²) < 4.78 is 140. The van der Waals surface area contributed by atoms with Gasteiger partial charge in [-0.2, -0.15) is 59.8 Å². The van der Waals surface area contributed by atoms with E-state index in [9.17, 15) is 35.1 Å². The van der Waals surface area contributed by atoms with Gasteiger partial charge in [0.15, 0.2) is 23.3 Å². The summed E-state index contributed by atoms with van der Waals surface area (Å²) >= 11 is 0. The first-order chi connectivity index (χ1) is 68.3. The molecule has 40 heteroatoms. The minimum atomic E-state index is -2.79. The number of rotatable bonds is 20. The van der Waals surface area contributed by atoms with E-state index in [0.717, 1.165) is 51.4 Å². The van der Waals surface area contributed by atoms with Gasteiger partial charge in [-0.05, 0) is 172 Å². The number of nitrogens with zero attached hydrogens (tertiary/aromatic N) is 24. The molecule has 140 heavy (non-hydrogen) atoms. The fraction of sp³-hybridized carbons (Fsp3) is 0.360. The van der Waals surface area contributed by atoms with E-state index in [1.54, 1.807) is 97.1 Å². The summed E-state index contributed by atoms with van der Waals surface area (Å²) in [5.74, 6) is 2.07. The highest BCUT2D eigenvalue weighted by Gasteiger charge is 2.35. The number of anilines is 8. The van der Waals surface area contributed by atoms with Gasteiger partial charge in [0.25, 0.3) is 25.7 Å². The first kappa shape index (κ1) is 91.8. The second kappa shape index (κ2) is 40.1. The first-order valence-electron chi connectivity index (χ1n) is 47.1. The van der Waals surface area contributed by atoms with Crippen LogP contribution in [-0.2, 0) is 44.6 Å². The van der Waals surface area contributed by atoms with E-state index >= 15 is 0 Å². The third-order valence-electron chi connectivity index (χ3n) is 26.3. The van der Waals surface area contributed by atoms with E-state index in [1.807, 2.05) is 19.6 Å². The molecule has 0 amide bonds. The van der Waals surface area contributed by atoms with Crippen molar-refractivity contribution in [2.24, 2.45) is 0 Å². The molecule has 0 bridgehead atoms. The zero-order valence-electron chi connectivity index (χ0n) is 77.1. The first-order valence-corrected chi connectivity index (χ1v) is 47.1. The number of fused-ring (bicyclic) bond motifs is 8. The molecule has 0 radical (unpaired) electrons. The molecule has 4 N–H and O–H groups in total. The summed E-state index contributed by atoms with van der Waals surface area (Å²) in [5.41, 5.74) is 18.9. The second-order valence-electron chi connectivity index (χ2n) is 35.6. The Balaban J connectivity index is 0.000000111. The predicted octanol–water partition coefficient (Wildman–Crippen LogP) is 17.6. The standard InChI is InChI=1S/4C25H25F2N7O/c2*1-15-6-8-17-16(14-15)7-9-18(17)29-23-30-24(33-10-12-35-13-11-33)32-25(31-23)34-20-5-3-2-4-19(20)28-22(34)21(26)27;2*1-15-6-7-16-8-9-18(17(16)14-15)29-23-30-24(33-10-12-35-13-11-33)32-25(31-23)34-20-5-3-2-4-19(20)28-22(34)21(26)27/h2*2-6,8,14,18,21H,7,9-13H2,1H3,(H,29,30,31,32);2*2-7,14,18,21H,8-13H2,1H3,(H,29,30,31,32). The molecule has 720 valence electrons. The minimum Gasteiger partial charge on any atom is -0.378 e. The van der Waals surface area contributed by atoms with Gasteiger partial charge in [0.1, 0.15) is 0 Å². The molecule has 32 nitrogen and oxygen atoms in total. The smallest absolute Gasteiger partial charge is 0.296 e. The van der Waals surface area contributed by atoms with Gasteiger partial charge >= 0.3 is 0 Å². The van der Waals surface area contributed by atoms with E-state index in [2.05, 4.69) is 182 Å². The molecule has 4 aliphatic heterocycles. The van der Waals surface area contributed by atoms with Crippen molar-refractivity contribution < 1.29 is 54.1 Å². The van der Waals surface area contributed by atoms with Crippen LogP contribution in [0.15, 0.2) is 170 Å². The molecule has 4 saturated heterocycles. The second-order valence-corrected chi connectivity index (χ2v) is 35.6. The summed E-state index contributed by atoms with van der Waals surface area (Å²) in [5, 5.41) is 13.8. The number of nitrogens with one attached hydrogen (secondary N) is 4. The monoisotopic (exact) mass is 1910 g/mol. The number of imidazole rings is 4. The van der Waals surface area contributed by atoms with Crippen molar-refractivity contribution in [1.82, 2.24) is 98.0 Å². The molecule has 8 aromatic heterocycles. The molecular formula is C100H100F8N28O4. The molecule has 0 saturated carbocycles. The summed E-state index contributed by atoms with van der Waals surface area (Å²) in [6.07, 6.45) is -3.67. The number of halogens is 8. The van der Waals surface area contributed by atoms with Crippen molar-refractivity contribution in [2.45, 2.75) is 129 Å². The Bertz CT molecular complexity index is 6800. The summed E-state index contributed by atoms with van der Waals surface area (Å²) in [7, 11) is 0. The Morgan fingerprint density at radius 1 is 0.250 bits per heavy atom. The van der Waals surface area contributed by atoms with Crippen LogP contribution in [0.3, 0.4) is 0 Å². The summed E-state index contributed by atoms with van der Waals surface area (Å²) in [6, 6.07) is 54.0. The average Bonchev–Trinajstić information content (AvgIpc) is 1.62. The summed E-state index contributed by atoms with van der Waals surface area (Å²) in [6.45, 7) is 17.6. The van der Waals surface area contributed by atoms with Crippen LogP contribution >= 0.6 is 0 Å². The fourth-order valence-corrected chi connectivity index (χ4v) is 19.5. The maximum absolute atomic E-state index is 14.0. The van der Waals surface area contributed by atoms with Crippen LogP contribution in [0, 0.1) is 27.7 Å². The van der Waals surface area contributed by atoms with Crippen LogP contribution < -0.4 is 40.9 Å². The lowest BCUT2D eigenvalue weighted by Crippen LogP contribution is -2.37. The molecule has 4 unspecified atom stereocenters. The molecule has 24 rings (SSSR count). The molecule has 4 fully saturated rings. The van der Waals surface area contributed by atoms with Gasteiger partial charge in [0, 0.05) is 52.4 Å². The van der Waals surface area contributed by atoms with Gasteiger partial charge in [-0.25, -0.2) is 55.1 Å². The lowest BCUT2D eigenvalue weighted by atomic mass is 10.1. The zero-order chi connectivity index (χ0) is 95.8. The van der Waals surface area contributed by atoms with Gasteiger partial charge in [0.2, 0.25) is 71.4 Å². The molecule has 12 heterocycles. The number of hydrogen-bond donors (Lipinski definition) is 4. The normalized spacial score (nSPS) is 17.8. The largest absolute Gasteiger partial charge is 0.378 e. The van der Waals surface area contributed by atoms with Crippen LogP contribution in [0.4, 0.5) is 82.7 Å². The van der Waals surface area contributed by atoms with E-state index in [1.165, 1.54) is 85.0 Å². The number of hydrogen-bond acceptors (Lipinski definition) is 28. The van der Waals surface area contributed by atoms with Crippen molar-refractivity contribution in [2.75, 3.05) is 146 Å². The SMILES string of the molecule is Cc1ccc2c(c1)C(Nc1nc(N3CCOCC3)nc(-n3c(C(F)F)nc4ccccc43)n1)CC2.Cc1ccc2c(c1)C(Nc1nc(N3CCOCC3)nc(-n3c(C(F)F)nc4ccccc43)n1)CC2.Cc1ccc2c(c1)CCC2Nc1nc(N2CCOCC2)nc(-n2c(C(F)F)nc3ccccc32)n1.Cc1ccc2c(c1)CCC2Nc1nc(N2CCOCC2)nc(-n2c(C(F)F)nc3ccccc32)n1. The molecule has 8 aliphatic rings. The Kier molecular flexibility index (Phi) is 26.3. The highest BCUT2D eigenvalue weighted by atomic mass is 19.3. The average molecular weight is 1910 g/mol. The van der Waals surface area contributed by atoms with E-state index < -0.39 is 49.0 Å². The maximum Gasteiger partial charge on any atom is 0.296 e. The van der Waals surface area contributed by atoms with Crippen molar-refractivity contribution in [3.8, 4) is 23.8 Å². The predicted molar refractivity (Wildman–Crippen MR) is 513 cm³/mol. The number of benzene rings is 8. The topological polar surface area (TPSA) is 324 Å². The van der Waals surface area contributed by atoms with Crippen molar-refractivity contribution in [3.05, 3.63) is 260 Å². The number of alkyl halides is 8. The van der Waals surface area contributed by atoms with Gasteiger partial charge in [0.05, 0.1) is 121 Å². The van der Waals surface area contributed by atoms with Crippen LogP contribution in [0.2, 0.25) is 0 Å². The highest BCUT2D eigenvalue weighted by molar-refractivity contribution is 5.81. The minimum absolute atomic E-state index is 0.0341. The van der Waals surface area contributed by atoms with Crippen molar-refractivity contribution in [3.63, 3.8) is 0 Å². The van der Waals surface area contributed by atoms with E-state index in [4.69, 9.17) is 38.9 Å². The molecule has 4 aliphatic carbocycles. The van der Waals surface area contributed by atoms with Crippen LogP contribution in [-0.4, -0.2) is 203 Å². The van der Waals surface area contributed by atoms with Gasteiger partial charge in [-0.3, -0.25) is 18.3 Å². The van der Waals surface area contributed by atoms with Gasteiger partial charge < -0.3 is 59.8 Å². The third kappa shape index (κ3) is 19.3. The maximum atomic E-state index is 14.0. The molecule has 8 aromatic carbocycles.